The first-order valence-corrected chi connectivity index (χ1v) is 7.94. The Bertz CT molecular complexity index is 397. The summed E-state index contributed by atoms with van der Waals surface area (Å²) >= 11 is 3.43. The van der Waals surface area contributed by atoms with Crippen LogP contribution in [0.1, 0.15) is 23.5 Å². The highest BCUT2D eigenvalue weighted by Gasteiger charge is 2.17. The summed E-state index contributed by atoms with van der Waals surface area (Å²) in [4.78, 5) is 15.2. The summed E-state index contributed by atoms with van der Waals surface area (Å²) in [6.07, 6.45) is 0. The molecule has 2 rings (SSSR count). The van der Waals surface area contributed by atoms with Crippen LogP contribution in [-0.2, 0) is 4.74 Å². The lowest BCUT2D eigenvalue weighted by molar-refractivity contribution is 0.0372. The normalized spacial score (nSPS) is 17.3. The molecule has 0 radical (unpaired) electrons. The number of carbonyl (C=O) groups excluding carboxylic acids is 1. The van der Waals surface area contributed by atoms with Gasteiger partial charge in [-0.3, -0.25) is 9.69 Å². The average molecular weight is 285 g/mol. The van der Waals surface area contributed by atoms with Crippen molar-refractivity contribution in [2.24, 2.45) is 0 Å². The van der Waals surface area contributed by atoms with Gasteiger partial charge in [-0.1, -0.05) is 13.8 Å². The topological polar surface area (TPSA) is 29.5 Å². The van der Waals surface area contributed by atoms with Crippen LogP contribution in [0.3, 0.4) is 0 Å². The number of ether oxygens (including phenoxy) is 1. The molecule has 3 nitrogen and oxygen atoms in total. The van der Waals surface area contributed by atoms with Gasteiger partial charge in [-0.05, 0) is 12.1 Å². The largest absolute Gasteiger partial charge is 0.379 e. The van der Waals surface area contributed by atoms with Crippen molar-refractivity contribution >= 4 is 28.9 Å². The second-order valence-electron chi connectivity index (χ2n) is 4.60. The standard InChI is InChI=1S/C13H19NO2S2/c1-10(2)17-13-4-3-12(18-13)11(15)9-14-5-7-16-8-6-14/h3-4,10H,5-9H2,1-2H3. The molecule has 100 valence electrons. The van der Waals surface area contributed by atoms with E-state index in [-0.39, 0.29) is 5.78 Å². The van der Waals surface area contributed by atoms with Gasteiger partial charge in [0.1, 0.15) is 0 Å². The SMILES string of the molecule is CC(C)Sc1ccc(C(=O)CN2CCOCC2)s1. The molecule has 1 aromatic heterocycles. The van der Waals surface area contributed by atoms with E-state index in [1.54, 1.807) is 11.3 Å². The summed E-state index contributed by atoms with van der Waals surface area (Å²) in [6, 6.07) is 4.01. The minimum atomic E-state index is 0.234. The van der Waals surface area contributed by atoms with E-state index < -0.39 is 0 Å². The fourth-order valence-corrected chi connectivity index (χ4v) is 4.12. The van der Waals surface area contributed by atoms with Gasteiger partial charge in [-0.25, -0.2) is 0 Å². The molecule has 1 fully saturated rings. The van der Waals surface area contributed by atoms with E-state index in [4.69, 9.17) is 4.74 Å². The Balaban J connectivity index is 1.89. The van der Waals surface area contributed by atoms with E-state index in [9.17, 15) is 4.79 Å². The van der Waals surface area contributed by atoms with Gasteiger partial charge in [-0.2, -0.15) is 0 Å². The highest BCUT2D eigenvalue weighted by atomic mass is 32.2. The first kappa shape index (κ1) is 14.1. The van der Waals surface area contributed by atoms with Gasteiger partial charge in [0.15, 0.2) is 5.78 Å². The van der Waals surface area contributed by atoms with Gasteiger partial charge in [0.25, 0.3) is 0 Å². The smallest absolute Gasteiger partial charge is 0.186 e. The van der Waals surface area contributed by atoms with Crippen LogP contribution < -0.4 is 0 Å². The molecule has 0 N–H and O–H groups in total. The number of carbonyl (C=O) groups is 1. The Morgan fingerprint density at radius 3 is 2.83 bits per heavy atom. The highest BCUT2D eigenvalue weighted by molar-refractivity contribution is 8.01. The van der Waals surface area contributed by atoms with Crippen molar-refractivity contribution in [2.45, 2.75) is 23.3 Å². The Labute approximate surface area is 117 Å². The summed E-state index contributed by atoms with van der Waals surface area (Å²) in [5, 5.41) is 0.561. The van der Waals surface area contributed by atoms with Crippen LogP contribution in [-0.4, -0.2) is 48.8 Å². The van der Waals surface area contributed by atoms with Crippen LogP contribution in [0.4, 0.5) is 0 Å². The van der Waals surface area contributed by atoms with Crippen molar-refractivity contribution in [3.05, 3.63) is 17.0 Å². The monoisotopic (exact) mass is 285 g/mol. The number of rotatable bonds is 5. The molecule has 0 saturated carbocycles. The number of morpholine rings is 1. The molecule has 1 saturated heterocycles. The molecule has 0 spiro atoms. The quantitative estimate of drug-likeness (QED) is 0.614. The van der Waals surface area contributed by atoms with E-state index in [1.807, 2.05) is 17.8 Å². The van der Waals surface area contributed by atoms with E-state index in [0.717, 1.165) is 31.2 Å². The first-order valence-electron chi connectivity index (χ1n) is 6.25. The third-order valence-corrected chi connectivity index (χ3v) is 4.98. The predicted molar refractivity (Wildman–Crippen MR) is 76.9 cm³/mol. The lowest BCUT2D eigenvalue weighted by atomic mass is 10.3. The Morgan fingerprint density at radius 2 is 2.17 bits per heavy atom. The molecule has 0 aliphatic carbocycles. The van der Waals surface area contributed by atoms with Crippen LogP contribution >= 0.6 is 23.1 Å². The van der Waals surface area contributed by atoms with Gasteiger partial charge >= 0.3 is 0 Å². The molecule has 5 heteroatoms. The van der Waals surface area contributed by atoms with Crippen molar-refractivity contribution in [1.82, 2.24) is 4.90 Å². The van der Waals surface area contributed by atoms with Crippen LogP contribution in [0.5, 0.6) is 0 Å². The maximum atomic E-state index is 12.1. The first-order chi connectivity index (χ1) is 8.65. The zero-order valence-electron chi connectivity index (χ0n) is 10.8. The summed E-state index contributed by atoms with van der Waals surface area (Å²) < 4.78 is 6.51. The van der Waals surface area contributed by atoms with Crippen molar-refractivity contribution in [3.63, 3.8) is 0 Å². The van der Waals surface area contributed by atoms with E-state index in [0.29, 0.717) is 11.8 Å². The molecular weight excluding hydrogens is 266 g/mol. The fraction of sp³-hybridized carbons (Fsp3) is 0.615. The van der Waals surface area contributed by atoms with Crippen LogP contribution in [0.25, 0.3) is 0 Å². The molecular formula is C13H19NO2S2. The zero-order valence-corrected chi connectivity index (χ0v) is 12.5. The number of nitrogens with zero attached hydrogens (tertiary/aromatic N) is 1. The van der Waals surface area contributed by atoms with E-state index in [1.165, 1.54) is 4.21 Å². The molecule has 2 heterocycles. The molecule has 1 aliphatic rings. The summed E-state index contributed by atoms with van der Waals surface area (Å²) in [7, 11) is 0. The third kappa shape index (κ3) is 4.09. The van der Waals surface area contributed by atoms with Gasteiger partial charge in [0.05, 0.1) is 28.8 Å². The maximum Gasteiger partial charge on any atom is 0.186 e. The van der Waals surface area contributed by atoms with Crippen LogP contribution in [0.2, 0.25) is 0 Å². The minimum Gasteiger partial charge on any atom is -0.379 e. The molecule has 0 aromatic carbocycles. The van der Waals surface area contributed by atoms with Gasteiger partial charge in [0, 0.05) is 18.3 Å². The van der Waals surface area contributed by atoms with Gasteiger partial charge in [0.2, 0.25) is 0 Å². The molecule has 1 aromatic rings. The predicted octanol–water partition coefficient (Wildman–Crippen LogP) is 2.76. The number of hydrogen-bond acceptors (Lipinski definition) is 5. The number of thioether (sulfide) groups is 1. The molecule has 18 heavy (non-hydrogen) atoms. The number of Topliss-reactive ketones (excluding diaryl/α,β-unsaturated/α-hetero) is 1. The lowest BCUT2D eigenvalue weighted by Gasteiger charge is -2.25. The van der Waals surface area contributed by atoms with Crippen molar-refractivity contribution < 1.29 is 9.53 Å². The Kier molecular flexibility index (Phi) is 5.24. The van der Waals surface area contributed by atoms with E-state index in [2.05, 4.69) is 24.8 Å². The maximum absolute atomic E-state index is 12.1. The average Bonchev–Trinajstić information content (AvgIpc) is 2.78. The van der Waals surface area contributed by atoms with Crippen LogP contribution in [0.15, 0.2) is 16.3 Å². The Morgan fingerprint density at radius 1 is 1.44 bits per heavy atom. The molecule has 0 unspecified atom stereocenters. The van der Waals surface area contributed by atoms with Crippen LogP contribution in [0, 0.1) is 0 Å². The number of ketones is 1. The van der Waals surface area contributed by atoms with Gasteiger partial charge < -0.3 is 4.74 Å². The second kappa shape index (κ2) is 6.70. The third-order valence-electron chi connectivity index (χ3n) is 2.68. The minimum absolute atomic E-state index is 0.234. The second-order valence-corrected chi connectivity index (χ2v) is 7.56. The summed E-state index contributed by atoms with van der Waals surface area (Å²) in [5.41, 5.74) is 0. The molecule has 0 atom stereocenters. The van der Waals surface area contributed by atoms with Crippen molar-refractivity contribution in [1.29, 1.82) is 0 Å². The summed E-state index contributed by atoms with van der Waals surface area (Å²) in [6.45, 7) is 8.07. The number of thiophene rings is 1. The summed E-state index contributed by atoms with van der Waals surface area (Å²) in [5.74, 6) is 0.234. The van der Waals surface area contributed by atoms with E-state index >= 15 is 0 Å². The molecule has 0 amide bonds. The Hall–Kier alpha value is -0.360. The highest BCUT2D eigenvalue weighted by Crippen LogP contribution is 2.30. The van der Waals surface area contributed by atoms with Crippen molar-refractivity contribution in [3.8, 4) is 0 Å². The fourth-order valence-electron chi connectivity index (χ4n) is 1.81. The van der Waals surface area contributed by atoms with Crippen molar-refractivity contribution in [2.75, 3.05) is 32.8 Å². The van der Waals surface area contributed by atoms with Gasteiger partial charge in [-0.15, -0.1) is 23.1 Å². The zero-order chi connectivity index (χ0) is 13.0. The lowest BCUT2D eigenvalue weighted by Crippen LogP contribution is -2.39. The number of hydrogen-bond donors (Lipinski definition) is 0. The molecule has 0 bridgehead atoms. The molecule has 1 aliphatic heterocycles.